The lowest BCUT2D eigenvalue weighted by atomic mass is 9.83. The third-order valence-corrected chi connectivity index (χ3v) is 2.98. The third kappa shape index (κ3) is 2.98. The molecule has 0 heterocycles. The molecule has 0 atom stereocenters. The van der Waals surface area contributed by atoms with Crippen molar-refractivity contribution in [2.24, 2.45) is 0 Å². The Labute approximate surface area is 100 Å². The van der Waals surface area contributed by atoms with Crippen molar-refractivity contribution in [3.8, 4) is 0 Å². The molecule has 0 bridgehead atoms. The molecule has 0 fully saturated rings. The van der Waals surface area contributed by atoms with Gasteiger partial charge in [-0.25, -0.2) is 0 Å². The van der Waals surface area contributed by atoms with E-state index in [1.807, 2.05) is 0 Å². The molecule has 1 aromatic rings. The minimum absolute atomic E-state index is 0.203. The zero-order valence-corrected chi connectivity index (χ0v) is 11.5. The van der Waals surface area contributed by atoms with Crippen LogP contribution in [0.25, 0.3) is 5.57 Å². The average Bonchev–Trinajstić information content (AvgIpc) is 2.15. The van der Waals surface area contributed by atoms with Crippen molar-refractivity contribution in [2.45, 2.75) is 52.9 Å². The lowest BCUT2D eigenvalue weighted by molar-refractivity contribution is 0.588. The summed E-state index contributed by atoms with van der Waals surface area (Å²) in [6.07, 6.45) is 0. The summed E-state index contributed by atoms with van der Waals surface area (Å²) in [5.74, 6) is 0.570. The van der Waals surface area contributed by atoms with E-state index in [0.29, 0.717) is 5.92 Å². The van der Waals surface area contributed by atoms with E-state index in [9.17, 15) is 0 Å². The Kier molecular flexibility index (Phi) is 3.62. The molecule has 1 aromatic carbocycles. The van der Waals surface area contributed by atoms with Crippen LogP contribution in [-0.4, -0.2) is 0 Å². The van der Waals surface area contributed by atoms with Gasteiger partial charge in [-0.1, -0.05) is 65.0 Å². The van der Waals surface area contributed by atoms with Crippen LogP contribution in [0, 0.1) is 0 Å². The van der Waals surface area contributed by atoms with Gasteiger partial charge in [0.05, 0.1) is 0 Å². The van der Waals surface area contributed by atoms with Gasteiger partial charge in [-0.05, 0) is 34.9 Å². The van der Waals surface area contributed by atoms with Crippen LogP contribution in [0.2, 0.25) is 0 Å². The van der Waals surface area contributed by atoms with E-state index < -0.39 is 0 Å². The molecule has 88 valence electrons. The molecule has 0 saturated carbocycles. The van der Waals surface area contributed by atoms with Crippen molar-refractivity contribution in [3.05, 3.63) is 41.5 Å². The van der Waals surface area contributed by atoms with Crippen molar-refractivity contribution in [2.75, 3.05) is 0 Å². The fourth-order valence-corrected chi connectivity index (χ4v) is 1.66. The smallest absolute Gasteiger partial charge is 0.0132 e. The molecule has 0 aliphatic rings. The molecule has 0 saturated heterocycles. The summed E-state index contributed by atoms with van der Waals surface area (Å²) < 4.78 is 0. The Morgan fingerprint density at radius 3 is 2.06 bits per heavy atom. The average molecular weight is 216 g/mol. The summed E-state index contributed by atoms with van der Waals surface area (Å²) in [5, 5.41) is 0. The highest BCUT2D eigenvalue weighted by molar-refractivity contribution is 5.63. The van der Waals surface area contributed by atoms with E-state index in [2.05, 4.69) is 66.3 Å². The molecule has 0 aromatic heterocycles. The number of hydrogen-bond acceptors (Lipinski definition) is 0. The van der Waals surface area contributed by atoms with E-state index in [1.165, 1.54) is 16.7 Å². The number of allylic oxidation sites excluding steroid dienone is 1. The Morgan fingerprint density at radius 1 is 1.12 bits per heavy atom. The van der Waals surface area contributed by atoms with Gasteiger partial charge >= 0.3 is 0 Å². The van der Waals surface area contributed by atoms with Gasteiger partial charge < -0.3 is 0 Å². The third-order valence-electron chi connectivity index (χ3n) is 2.98. The van der Waals surface area contributed by atoms with Gasteiger partial charge in [-0.2, -0.15) is 0 Å². The fourth-order valence-electron chi connectivity index (χ4n) is 1.66. The Balaban J connectivity index is 3.36. The van der Waals surface area contributed by atoms with Gasteiger partial charge in [0.1, 0.15) is 0 Å². The normalized spacial score (nSPS) is 11.9. The number of rotatable bonds is 2. The predicted molar refractivity (Wildman–Crippen MR) is 73.9 cm³/mol. The molecule has 0 spiro atoms. The van der Waals surface area contributed by atoms with E-state index in [1.54, 1.807) is 0 Å². The molecule has 0 aliphatic carbocycles. The monoisotopic (exact) mass is 216 g/mol. The van der Waals surface area contributed by atoms with E-state index in [0.717, 1.165) is 5.57 Å². The molecule has 0 nitrogen and oxygen atoms in total. The fraction of sp³-hybridized carbons (Fsp3) is 0.500. The second-order valence-corrected chi connectivity index (χ2v) is 6.03. The first-order chi connectivity index (χ1) is 7.21. The highest BCUT2D eigenvalue weighted by atomic mass is 14.2. The van der Waals surface area contributed by atoms with Crippen LogP contribution in [0.15, 0.2) is 24.8 Å². The number of hydrogen-bond donors (Lipinski definition) is 0. The Morgan fingerprint density at radius 2 is 1.69 bits per heavy atom. The minimum Gasteiger partial charge on any atom is -0.0955 e. The van der Waals surface area contributed by atoms with Gasteiger partial charge in [0, 0.05) is 0 Å². The highest BCUT2D eigenvalue weighted by Gasteiger charge is 2.16. The van der Waals surface area contributed by atoms with E-state index in [-0.39, 0.29) is 5.41 Å². The number of benzene rings is 1. The SMILES string of the molecule is C=C(C)c1cc(C(C)C)cc(C(C)(C)C)c1. The molecule has 1 rings (SSSR count). The van der Waals surface area contributed by atoms with Crippen LogP contribution in [0.4, 0.5) is 0 Å². The standard InChI is InChI=1S/C16H24/c1-11(2)13-8-14(12(3)4)10-15(9-13)16(5,6)7/h8-10,12H,1H2,2-7H3. The van der Waals surface area contributed by atoms with Crippen LogP contribution in [0.5, 0.6) is 0 Å². The zero-order valence-electron chi connectivity index (χ0n) is 11.5. The van der Waals surface area contributed by atoms with Gasteiger partial charge in [0.2, 0.25) is 0 Å². The van der Waals surface area contributed by atoms with Gasteiger partial charge in [0.25, 0.3) is 0 Å². The summed E-state index contributed by atoms with van der Waals surface area (Å²) in [6, 6.07) is 6.87. The van der Waals surface area contributed by atoms with Crippen molar-refractivity contribution in [1.29, 1.82) is 0 Å². The molecule has 0 unspecified atom stereocenters. The van der Waals surface area contributed by atoms with Crippen molar-refractivity contribution < 1.29 is 0 Å². The summed E-state index contributed by atoms with van der Waals surface area (Å²) in [5.41, 5.74) is 5.43. The highest BCUT2D eigenvalue weighted by Crippen LogP contribution is 2.29. The Hall–Kier alpha value is -1.04. The zero-order chi connectivity index (χ0) is 12.5. The molecular formula is C16H24. The van der Waals surface area contributed by atoms with E-state index >= 15 is 0 Å². The Bertz CT molecular complexity index is 389. The minimum atomic E-state index is 0.203. The molecule has 0 heteroatoms. The molecule has 16 heavy (non-hydrogen) atoms. The van der Waals surface area contributed by atoms with Crippen molar-refractivity contribution in [3.63, 3.8) is 0 Å². The van der Waals surface area contributed by atoms with Gasteiger partial charge in [-0.15, -0.1) is 0 Å². The van der Waals surface area contributed by atoms with E-state index in [4.69, 9.17) is 0 Å². The maximum absolute atomic E-state index is 4.05. The maximum atomic E-state index is 4.05. The second kappa shape index (κ2) is 4.45. The molecule has 0 amide bonds. The van der Waals surface area contributed by atoms with Crippen molar-refractivity contribution >= 4 is 5.57 Å². The topological polar surface area (TPSA) is 0 Å². The first-order valence-electron chi connectivity index (χ1n) is 6.03. The molecule has 0 radical (unpaired) electrons. The van der Waals surface area contributed by atoms with Crippen molar-refractivity contribution in [1.82, 2.24) is 0 Å². The van der Waals surface area contributed by atoms with Crippen LogP contribution in [0.3, 0.4) is 0 Å². The maximum Gasteiger partial charge on any atom is -0.0132 e. The van der Waals surface area contributed by atoms with Gasteiger partial charge in [0.15, 0.2) is 0 Å². The first-order valence-corrected chi connectivity index (χ1v) is 6.03. The molecule has 0 N–H and O–H groups in total. The molecular weight excluding hydrogens is 192 g/mol. The lowest BCUT2D eigenvalue weighted by Crippen LogP contribution is -2.12. The summed E-state index contributed by atoms with van der Waals surface area (Å²) in [4.78, 5) is 0. The lowest BCUT2D eigenvalue weighted by Gasteiger charge is -2.22. The summed E-state index contributed by atoms with van der Waals surface area (Å²) in [6.45, 7) is 17.4. The van der Waals surface area contributed by atoms with Crippen LogP contribution in [-0.2, 0) is 5.41 Å². The van der Waals surface area contributed by atoms with Crippen LogP contribution < -0.4 is 0 Å². The first kappa shape index (κ1) is 13.0. The molecule has 0 aliphatic heterocycles. The summed E-state index contributed by atoms with van der Waals surface area (Å²) >= 11 is 0. The predicted octanol–water partition coefficient (Wildman–Crippen LogP) is 5.14. The van der Waals surface area contributed by atoms with Crippen LogP contribution in [0.1, 0.15) is 64.2 Å². The largest absolute Gasteiger partial charge is 0.0955 e. The van der Waals surface area contributed by atoms with Gasteiger partial charge in [-0.3, -0.25) is 0 Å². The van der Waals surface area contributed by atoms with Crippen LogP contribution >= 0.6 is 0 Å². The second-order valence-electron chi connectivity index (χ2n) is 6.03. The quantitative estimate of drug-likeness (QED) is 0.642. The summed E-state index contributed by atoms with van der Waals surface area (Å²) in [7, 11) is 0.